The fourth-order valence-electron chi connectivity index (χ4n) is 1.43. The molecule has 0 atom stereocenters. The molecule has 0 bridgehead atoms. The molecular formula is C11H9BrN4O3. The number of rotatable bonds is 3. The smallest absolute Gasteiger partial charge is 0.318 e. The zero-order valence-corrected chi connectivity index (χ0v) is 11.2. The Morgan fingerprint density at radius 3 is 2.89 bits per heavy atom. The van der Waals surface area contributed by atoms with Crippen LogP contribution in [0.3, 0.4) is 0 Å². The van der Waals surface area contributed by atoms with Gasteiger partial charge in [0.25, 0.3) is 5.91 Å². The standard InChI is InChI=1S/C11H9BrN4O3/c12-6-1-2-8-7(3-6)10(15-5-14-8)19-4-9(17)16-11(13)18/h1-3,5H,4H2,(H3,13,16,17,18). The van der Waals surface area contributed by atoms with Crippen molar-refractivity contribution in [1.82, 2.24) is 15.3 Å². The largest absolute Gasteiger partial charge is 0.467 e. The number of nitrogens with zero attached hydrogens (tertiary/aromatic N) is 2. The first-order valence-corrected chi connectivity index (χ1v) is 5.98. The van der Waals surface area contributed by atoms with Crippen LogP contribution in [-0.2, 0) is 4.79 Å². The molecule has 0 saturated carbocycles. The monoisotopic (exact) mass is 324 g/mol. The van der Waals surface area contributed by atoms with Gasteiger partial charge in [0, 0.05) is 4.47 Å². The maximum Gasteiger partial charge on any atom is 0.318 e. The average Bonchev–Trinajstić information content (AvgIpc) is 2.35. The zero-order valence-electron chi connectivity index (χ0n) is 9.59. The molecule has 0 saturated heterocycles. The van der Waals surface area contributed by atoms with E-state index in [2.05, 4.69) is 25.9 Å². The van der Waals surface area contributed by atoms with Crippen molar-refractivity contribution in [2.45, 2.75) is 0 Å². The highest BCUT2D eigenvalue weighted by Gasteiger charge is 2.09. The van der Waals surface area contributed by atoms with Gasteiger partial charge in [-0.3, -0.25) is 10.1 Å². The summed E-state index contributed by atoms with van der Waals surface area (Å²) in [6.45, 7) is -0.360. The first-order valence-electron chi connectivity index (χ1n) is 5.18. The normalized spacial score (nSPS) is 10.2. The number of aromatic nitrogens is 2. The first-order chi connectivity index (χ1) is 9.06. The summed E-state index contributed by atoms with van der Waals surface area (Å²) in [5.41, 5.74) is 5.50. The van der Waals surface area contributed by atoms with E-state index in [1.807, 2.05) is 11.4 Å². The number of carbonyl (C=O) groups is 2. The number of primary amides is 1. The van der Waals surface area contributed by atoms with Crippen molar-refractivity contribution < 1.29 is 14.3 Å². The number of amides is 3. The van der Waals surface area contributed by atoms with Crippen molar-refractivity contribution >= 4 is 38.8 Å². The van der Waals surface area contributed by atoms with E-state index in [-0.39, 0.29) is 12.5 Å². The van der Waals surface area contributed by atoms with Crippen molar-refractivity contribution in [3.05, 3.63) is 29.0 Å². The molecule has 2 aromatic rings. The summed E-state index contributed by atoms with van der Waals surface area (Å²) in [5.74, 6) is -0.389. The van der Waals surface area contributed by atoms with E-state index >= 15 is 0 Å². The Bertz CT molecular complexity index is 647. The molecule has 0 unspecified atom stereocenters. The Kier molecular flexibility index (Phi) is 3.91. The van der Waals surface area contributed by atoms with Crippen LogP contribution in [0.2, 0.25) is 0 Å². The molecule has 0 aliphatic rings. The third-order valence-electron chi connectivity index (χ3n) is 2.16. The van der Waals surface area contributed by atoms with Crippen LogP contribution in [0, 0.1) is 0 Å². The lowest BCUT2D eigenvalue weighted by molar-refractivity contribution is -0.121. The quantitative estimate of drug-likeness (QED) is 0.874. The van der Waals surface area contributed by atoms with E-state index in [0.717, 1.165) is 4.47 Å². The molecular weight excluding hydrogens is 316 g/mol. The van der Waals surface area contributed by atoms with E-state index < -0.39 is 11.9 Å². The Morgan fingerprint density at radius 1 is 1.37 bits per heavy atom. The molecule has 7 nitrogen and oxygen atoms in total. The second kappa shape index (κ2) is 5.61. The molecule has 8 heteroatoms. The van der Waals surface area contributed by atoms with Crippen molar-refractivity contribution in [3.63, 3.8) is 0 Å². The molecule has 3 amide bonds. The molecule has 0 aliphatic heterocycles. The number of hydrogen-bond acceptors (Lipinski definition) is 5. The van der Waals surface area contributed by atoms with Crippen LogP contribution >= 0.6 is 15.9 Å². The SMILES string of the molecule is NC(=O)NC(=O)COc1ncnc2ccc(Br)cc12. The van der Waals surface area contributed by atoms with E-state index in [1.165, 1.54) is 6.33 Å². The lowest BCUT2D eigenvalue weighted by Gasteiger charge is -2.07. The molecule has 19 heavy (non-hydrogen) atoms. The van der Waals surface area contributed by atoms with Crippen LogP contribution in [0.1, 0.15) is 0 Å². The van der Waals surface area contributed by atoms with Crippen LogP contribution in [0.4, 0.5) is 4.79 Å². The number of imide groups is 1. The van der Waals surface area contributed by atoms with Gasteiger partial charge in [0.15, 0.2) is 6.61 Å². The number of ether oxygens (including phenoxy) is 1. The summed E-state index contributed by atoms with van der Waals surface area (Å²) in [4.78, 5) is 29.7. The Morgan fingerprint density at radius 2 is 2.16 bits per heavy atom. The Labute approximate surface area is 116 Å². The molecule has 0 spiro atoms. The predicted octanol–water partition coefficient (Wildman–Crippen LogP) is 0.966. The lowest BCUT2D eigenvalue weighted by Crippen LogP contribution is -2.38. The number of nitrogens with one attached hydrogen (secondary N) is 1. The van der Waals surface area contributed by atoms with Gasteiger partial charge >= 0.3 is 6.03 Å². The summed E-state index contributed by atoms with van der Waals surface area (Å²) in [5, 5.41) is 2.55. The van der Waals surface area contributed by atoms with Gasteiger partial charge < -0.3 is 10.5 Å². The highest BCUT2D eigenvalue weighted by Crippen LogP contribution is 2.24. The van der Waals surface area contributed by atoms with Gasteiger partial charge in [-0.05, 0) is 18.2 Å². The predicted molar refractivity (Wildman–Crippen MR) is 70.5 cm³/mol. The van der Waals surface area contributed by atoms with Crippen LogP contribution in [-0.4, -0.2) is 28.5 Å². The third kappa shape index (κ3) is 3.38. The second-order valence-corrected chi connectivity index (χ2v) is 4.46. The van der Waals surface area contributed by atoms with Crippen molar-refractivity contribution in [2.75, 3.05) is 6.61 Å². The van der Waals surface area contributed by atoms with Gasteiger partial charge in [-0.1, -0.05) is 15.9 Å². The highest BCUT2D eigenvalue weighted by atomic mass is 79.9. The van der Waals surface area contributed by atoms with Gasteiger partial charge in [-0.25, -0.2) is 14.8 Å². The minimum Gasteiger partial charge on any atom is -0.467 e. The van der Waals surface area contributed by atoms with Gasteiger partial charge in [0.2, 0.25) is 5.88 Å². The molecule has 0 radical (unpaired) electrons. The fourth-order valence-corrected chi connectivity index (χ4v) is 1.79. The molecule has 1 aromatic heterocycles. The van der Waals surface area contributed by atoms with Gasteiger partial charge in [0.05, 0.1) is 10.9 Å². The summed E-state index contributed by atoms with van der Waals surface area (Å²) < 4.78 is 6.08. The Hall–Kier alpha value is -2.22. The second-order valence-electron chi connectivity index (χ2n) is 3.54. The number of urea groups is 1. The molecule has 0 aliphatic carbocycles. The van der Waals surface area contributed by atoms with Crippen molar-refractivity contribution in [1.29, 1.82) is 0 Å². The summed E-state index contributed by atoms with van der Waals surface area (Å²) >= 11 is 3.33. The maximum atomic E-state index is 11.2. The summed E-state index contributed by atoms with van der Waals surface area (Å²) in [7, 11) is 0. The van der Waals surface area contributed by atoms with E-state index in [0.29, 0.717) is 10.9 Å². The molecule has 2 rings (SSSR count). The molecule has 3 N–H and O–H groups in total. The van der Waals surface area contributed by atoms with Crippen molar-refractivity contribution in [3.8, 4) is 5.88 Å². The molecule has 98 valence electrons. The van der Waals surface area contributed by atoms with E-state index in [1.54, 1.807) is 12.1 Å². The minimum absolute atomic E-state index is 0.255. The van der Waals surface area contributed by atoms with Crippen LogP contribution in [0.5, 0.6) is 5.88 Å². The molecule has 0 fully saturated rings. The lowest BCUT2D eigenvalue weighted by atomic mass is 10.2. The first kappa shape index (κ1) is 13.2. The number of fused-ring (bicyclic) bond motifs is 1. The van der Waals surface area contributed by atoms with E-state index in [9.17, 15) is 9.59 Å². The highest BCUT2D eigenvalue weighted by molar-refractivity contribution is 9.10. The number of benzene rings is 1. The van der Waals surface area contributed by atoms with Gasteiger partial charge in [-0.2, -0.15) is 0 Å². The summed E-state index contributed by atoms with van der Waals surface area (Å²) in [6, 6.07) is 4.47. The topological polar surface area (TPSA) is 107 Å². The van der Waals surface area contributed by atoms with Gasteiger partial charge in [-0.15, -0.1) is 0 Å². The molecule has 1 aromatic carbocycles. The number of hydrogen-bond donors (Lipinski definition) is 2. The third-order valence-corrected chi connectivity index (χ3v) is 2.66. The van der Waals surface area contributed by atoms with Crippen molar-refractivity contribution in [2.24, 2.45) is 5.73 Å². The molecule has 1 heterocycles. The zero-order chi connectivity index (χ0) is 13.8. The average molecular weight is 325 g/mol. The van der Waals surface area contributed by atoms with E-state index in [4.69, 9.17) is 10.5 Å². The van der Waals surface area contributed by atoms with Crippen LogP contribution in [0.25, 0.3) is 10.9 Å². The number of nitrogens with two attached hydrogens (primary N) is 1. The fraction of sp³-hybridized carbons (Fsp3) is 0.0909. The van der Waals surface area contributed by atoms with Gasteiger partial charge in [0.1, 0.15) is 6.33 Å². The maximum absolute atomic E-state index is 11.2. The van der Waals surface area contributed by atoms with Crippen LogP contribution in [0.15, 0.2) is 29.0 Å². The number of carbonyl (C=O) groups excluding carboxylic acids is 2. The Balaban J connectivity index is 2.18. The van der Waals surface area contributed by atoms with Crippen LogP contribution < -0.4 is 15.8 Å². The number of halogens is 1. The minimum atomic E-state index is -0.927. The summed E-state index contributed by atoms with van der Waals surface area (Å²) in [6.07, 6.45) is 1.33.